The molecule has 2 N–H and O–H groups in total. The Bertz CT molecular complexity index is 1350. The van der Waals surface area contributed by atoms with Crippen LogP contribution >= 0.6 is 11.6 Å². The normalized spacial score (nSPS) is 20.8. The molecule has 1 aliphatic carbocycles. The van der Waals surface area contributed by atoms with Crippen LogP contribution in [-0.4, -0.2) is 17.1 Å². The molecule has 1 aliphatic rings. The molecule has 5 rings (SSSR count). The maximum Gasteiger partial charge on any atom is 0.255 e. The van der Waals surface area contributed by atoms with Gasteiger partial charge in [0.15, 0.2) is 0 Å². The lowest BCUT2D eigenvalue weighted by Gasteiger charge is -2.46. The molecule has 36 heavy (non-hydrogen) atoms. The van der Waals surface area contributed by atoms with Gasteiger partial charge in [-0.2, -0.15) is 0 Å². The Morgan fingerprint density at radius 1 is 1.03 bits per heavy atom. The van der Waals surface area contributed by atoms with Crippen LogP contribution < -0.4 is 15.6 Å². The van der Waals surface area contributed by atoms with E-state index in [0.29, 0.717) is 22.2 Å². The number of hydrogen-bond donors (Lipinski definition) is 2. The number of halogens is 1. The predicted octanol–water partition coefficient (Wildman–Crippen LogP) is 7.01. The molecule has 0 radical (unpaired) electrons. The fourth-order valence-corrected chi connectivity index (χ4v) is 6.07. The molecule has 1 aromatic heterocycles. The van der Waals surface area contributed by atoms with Crippen molar-refractivity contribution in [2.45, 2.75) is 63.1 Å². The van der Waals surface area contributed by atoms with Gasteiger partial charge < -0.3 is 15.0 Å². The number of aromatic nitrogens is 1. The topological polar surface area (TPSA) is 54.1 Å². The molecule has 3 aromatic carbocycles. The molecule has 1 heterocycles. The van der Waals surface area contributed by atoms with E-state index in [2.05, 4.69) is 77.9 Å². The highest BCUT2D eigenvalue weighted by Crippen LogP contribution is 2.44. The van der Waals surface area contributed by atoms with Gasteiger partial charge in [0.05, 0.1) is 11.1 Å². The maximum atomic E-state index is 12.1. The van der Waals surface area contributed by atoms with Crippen LogP contribution in [0.2, 0.25) is 5.02 Å². The number of nitrogens with one attached hydrogen (secondary N) is 2. The number of hydrogen-bond acceptors (Lipinski definition) is 3. The highest BCUT2D eigenvalue weighted by atomic mass is 35.5. The molecular weight excluding hydrogens is 468 g/mol. The summed E-state index contributed by atoms with van der Waals surface area (Å²) in [5.74, 6) is 0.654. The molecule has 0 unspecified atom stereocenters. The van der Waals surface area contributed by atoms with E-state index in [1.807, 2.05) is 12.1 Å². The van der Waals surface area contributed by atoms with Crippen LogP contribution in [0.1, 0.15) is 50.2 Å². The minimum atomic E-state index is -0.139. The molecule has 4 nitrogen and oxygen atoms in total. The van der Waals surface area contributed by atoms with Crippen LogP contribution in [0.4, 0.5) is 0 Å². The number of ether oxygens (including phenoxy) is 1. The second kappa shape index (κ2) is 10.9. The summed E-state index contributed by atoms with van der Waals surface area (Å²) >= 11 is 6.53. The lowest BCUT2D eigenvalue weighted by molar-refractivity contribution is 0.0956. The van der Waals surface area contributed by atoms with Gasteiger partial charge in [-0.1, -0.05) is 79.2 Å². The lowest BCUT2D eigenvalue weighted by atomic mass is 9.63. The summed E-state index contributed by atoms with van der Waals surface area (Å²) in [5.41, 5.74) is 2.62. The molecule has 0 bridgehead atoms. The van der Waals surface area contributed by atoms with E-state index in [-0.39, 0.29) is 17.1 Å². The Morgan fingerprint density at radius 2 is 1.72 bits per heavy atom. The average molecular weight is 501 g/mol. The van der Waals surface area contributed by atoms with Crippen molar-refractivity contribution in [3.05, 3.63) is 112 Å². The Balaban J connectivity index is 1.35. The van der Waals surface area contributed by atoms with Crippen LogP contribution in [0.15, 0.2) is 89.9 Å². The molecular formula is C31H33ClN2O2. The summed E-state index contributed by atoms with van der Waals surface area (Å²) in [5, 5.41) is 5.80. The van der Waals surface area contributed by atoms with Crippen molar-refractivity contribution in [2.24, 2.45) is 0 Å². The summed E-state index contributed by atoms with van der Waals surface area (Å²) in [4.78, 5) is 14.8. The SMILES string of the molecule is CC[C@@H](NCc1ccccc1)C1(c2ccccc2)CCC(Oc2cc3cc[nH]c(=O)c3cc2Cl)CC1. The van der Waals surface area contributed by atoms with Gasteiger partial charge in [0.25, 0.3) is 5.56 Å². The smallest absolute Gasteiger partial charge is 0.255 e. The van der Waals surface area contributed by atoms with Crippen molar-refractivity contribution in [2.75, 3.05) is 0 Å². The summed E-state index contributed by atoms with van der Waals surface area (Å²) in [7, 11) is 0. The lowest BCUT2D eigenvalue weighted by Crippen LogP contribution is -2.51. The second-order valence-electron chi connectivity index (χ2n) is 9.84. The first kappa shape index (κ1) is 24.6. The van der Waals surface area contributed by atoms with Crippen LogP contribution in [0, 0.1) is 0 Å². The Morgan fingerprint density at radius 3 is 2.42 bits per heavy atom. The largest absolute Gasteiger partial charge is 0.489 e. The first-order valence-electron chi connectivity index (χ1n) is 12.9. The van der Waals surface area contributed by atoms with E-state index >= 15 is 0 Å². The standard InChI is InChI=1S/C31H33ClN2O2/c1-2-29(34-21-22-9-5-3-6-10-22)31(24-11-7-4-8-12-24)16-13-25(14-17-31)36-28-19-23-15-18-33-30(35)26(23)20-27(28)32/h3-12,15,18-20,25,29,34H,2,13-14,16-17,21H2,1H3,(H,33,35)/t25?,29-,31?/m1/s1. The summed E-state index contributed by atoms with van der Waals surface area (Å²) in [6.45, 7) is 3.15. The third-order valence-electron chi connectivity index (χ3n) is 7.76. The van der Waals surface area contributed by atoms with E-state index in [1.165, 1.54) is 11.1 Å². The zero-order chi connectivity index (χ0) is 25.0. The van der Waals surface area contributed by atoms with Crippen LogP contribution in [0.25, 0.3) is 10.8 Å². The van der Waals surface area contributed by atoms with E-state index in [9.17, 15) is 4.79 Å². The van der Waals surface area contributed by atoms with E-state index in [1.54, 1.807) is 12.3 Å². The van der Waals surface area contributed by atoms with Gasteiger partial charge in [-0.25, -0.2) is 0 Å². The Kier molecular flexibility index (Phi) is 7.45. The van der Waals surface area contributed by atoms with Crippen molar-refractivity contribution in [3.8, 4) is 5.75 Å². The molecule has 1 fully saturated rings. The van der Waals surface area contributed by atoms with Crippen molar-refractivity contribution >= 4 is 22.4 Å². The first-order valence-corrected chi connectivity index (χ1v) is 13.3. The molecule has 0 saturated heterocycles. The minimum Gasteiger partial charge on any atom is -0.489 e. The highest BCUT2D eigenvalue weighted by molar-refractivity contribution is 6.32. The first-order chi connectivity index (χ1) is 17.6. The fraction of sp³-hybridized carbons (Fsp3) is 0.323. The van der Waals surface area contributed by atoms with E-state index in [0.717, 1.165) is 44.0 Å². The average Bonchev–Trinajstić information content (AvgIpc) is 2.92. The number of pyridine rings is 1. The zero-order valence-electron chi connectivity index (χ0n) is 20.7. The van der Waals surface area contributed by atoms with Crippen molar-refractivity contribution in [3.63, 3.8) is 0 Å². The number of rotatable bonds is 8. The van der Waals surface area contributed by atoms with Gasteiger partial charge in [-0.15, -0.1) is 0 Å². The fourth-order valence-electron chi connectivity index (χ4n) is 5.86. The molecule has 0 amide bonds. The zero-order valence-corrected chi connectivity index (χ0v) is 21.4. The summed E-state index contributed by atoms with van der Waals surface area (Å²) in [6.07, 6.45) is 6.76. The summed E-state index contributed by atoms with van der Waals surface area (Å²) in [6, 6.07) is 27.4. The molecule has 1 atom stereocenters. The van der Waals surface area contributed by atoms with Gasteiger partial charge in [0.2, 0.25) is 0 Å². The monoisotopic (exact) mass is 500 g/mol. The van der Waals surface area contributed by atoms with Gasteiger partial charge in [0.1, 0.15) is 5.75 Å². The van der Waals surface area contributed by atoms with Crippen molar-refractivity contribution < 1.29 is 4.74 Å². The third-order valence-corrected chi connectivity index (χ3v) is 8.06. The molecule has 1 saturated carbocycles. The van der Waals surface area contributed by atoms with Crippen LogP contribution in [0.5, 0.6) is 5.75 Å². The number of fused-ring (bicyclic) bond motifs is 1. The third kappa shape index (κ3) is 5.07. The van der Waals surface area contributed by atoms with Crippen LogP contribution in [0.3, 0.4) is 0 Å². The Hall–Kier alpha value is -3.08. The van der Waals surface area contributed by atoms with E-state index < -0.39 is 0 Å². The molecule has 186 valence electrons. The van der Waals surface area contributed by atoms with Gasteiger partial charge in [-0.3, -0.25) is 4.79 Å². The van der Waals surface area contributed by atoms with Gasteiger partial charge in [-0.05, 0) is 66.8 Å². The number of aromatic amines is 1. The summed E-state index contributed by atoms with van der Waals surface area (Å²) < 4.78 is 6.44. The van der Waals surface area contributed by atoms with Crippen molar-refractivity contribution in [1.82, 2.24) is 10.3 Å². The Labute approximate surface area is 217 Å². The maximum absolute atomic E-state index is 12.1. The van der Waals surface area contributed by atoms with E-state index in [4.69, 9.17) is 16.3 Å². The van der Waals surface area contributed by atoms with Crippen molar-refractivity contribution in [1.29, 1.82) is 0 Å². The molecule has 4 aromatic rings. The van der Waals surface area contributed by atoms with Gasteiger partial charge >= 0.3 is 0 Å². The number of H-pyrrole nitrogens is 1. The quantitative estimate of drug-likeness (QED) is 0.273. The molecule has 5 heteroatoms. The molecule has 0 spiro atoms. The number of benzene rings is 3. The van der Waals surface area contributed by atoms with Crippen LogP contribution in [-0.2, 0) is 12.0 Å². The molecule has 0 aliphatic heterocycles. The van der Waals surface area contributed by atoms with Gasteiger partial charge in [0, 0.05) is 29.6 Å². The predicted molar refractivity (Wildman–Crippen MR) is 148 cm³/mol. The second-order valence-corrected chi connectivity index (χ2v) is 10.3. The highest BCUT2D eigenvalue weighted by Gasteiger charge is 2.43. The minimum absolute atomic E-state index is 0.0467.